The van der Waals surface area contributed by atoms with Crippen molar-refractivity contribution in [2.24, 2.45) is 5.92 Å². The molecule has 9 heteroatoms. The van der Waals surface area contributed by atoms with Gasteiger partial charge in [-0.25, -0.2) is 4.79 Å². The minimum Gasteiger partial charge on any atom is -0.465 e. The van der Waals surface area contributed by atoms with E-state index < -0.39 is 11.6 Å². The van der Waals surface area contributed by atoms with Crippen molar-refractivity contribution in [1.82, 2.24) is 20.0 Å². The maximum atomic E-state index is 13.6. The lowest BCUT2D eigenvalue weighted by Crippen LogP contribution is -2.65. The van der Waals surface area contributed by atoms with E-state index in [2.05, 4.69) is 10.2 Å². The fraction of sp³-hybridized carbons (Fsp3) is 0.371. The third-order valence-electron chi connectivity index (χ3n) is 9.77. The minimum absolute atomic E-state index is 0.0544. The van der Waals surface area contributed by atoms with Crippen molar-refractivity contribution in [3.05, 3.63) is 107 Å². The van der Waals surface area contributed by atoms with Gasteiger partial charge in [0.2, 0.25) is 0 Å². The number of nitrogens with one attached hydrogen (secondary N) is 1. The summed E-state index contributed by atoms with van der Waals surface area (Å²) in [5, 5.41) is 13.5. The first-order valence-corrected chi connectivity index (χ1v) is 15.4. The molecule has 0 aromatic heterocycles. The number of hydrogen-bond donors (Lipinski definition) is 2. The summed E-state index contributed by atoms with van der Waals surface area (Å²) in [6.45, 7) is 4.07. The number of carboxylic acid groups (broad SMARTS) is 1. The molecule has 3 aromatic carbocycles. The molecule has 4 heterocycles. The number of carbonyl (C=O) groups is 4. The summed E-state index contributed by atoms with van der Waals surface area (Å²) < 4.78 is 0. The van der Waals surface area contributed by atoms with Gasteiger partial charge in [0, 0.05) is 42.9 Å². The van der Waals surface area contributed by atoms with E-state index in [4.69, 9.17) is 0 Å². The predicted molar refractivity (Wildman–Crippen MR) is 166 cm³/mol. The Morgan fingerprint density at radius 2 is 1.50 bits per heavy atom. The first-order valence-electron chi connectivity index (χ1n) is 15.4. The van der Waals surface area contributed by atoms with Crippen molar-refractivity contribution in [2.45, 2.75) is 43.8 Å². The summed E-state index contributed by atoms with van der Waals surface area (Å²) in [5.74, 6) is 0.0383. The fourth-order valence-electron chi connectivity index (χ4n) is 7.31. The molecule has 4 aliphatic rings. The molecule has 2 N–H and O–H groups in total. The zero-order valence-corrected chi connectivity index (χ0v) is 24.7. The van der Waals surface area contributed by atoms with Crippen molar-refractivity contribution < 1.29 is 24.3 Å². The van der Waals surface area contributed by atoms with Gasteiger partial charge in [0.25, 0.3) is 11.8 Å². The van der Waals surface area contributed by atoms with Crippen LogP contribution < -0.4 is 5.32 Å². The van der Waals surface area contributed by atoms with E-state index in [1.165, 1.54) is 0 Å². The molecule has 228 valence electrons. The van der Waals surface area contributed by atoms with Crippen LogP contribution in [-0.4, -0.2) is 82.8 Å². The lowest BCUT2D eigenvalue weighted by molar-refractivity contribution is -0.0573. The molecule has 9 nitrogen and oxygen atoms in total. The maximum absolute atomic E-state index is 13.6. The number of amides is 3. The van der Waals surface area contributed by atoms with E-state index in [9.17, 15) is 24.3 Å². The molecule has 1 unspecified atom stereocenters. The second-order valence-electron chi connectivity index (χ2n) is 12.2. The number of fused-ring (bicyclic) bond motifs is 3. The SMILES string of the molecule is O=Cc1ccc(C(=O)NCc2ccc(C(=O)N3CCC(c4ccccc4)(N(C(=O)O)C4CN5CCC4CC5)CC3)cc2)cc1. The predicted octanol–water partition coefficient (Wildman–Crippen LogP) is 4.63. The smallest absolute Gasteiger partial charge is 0.408 e. The highest BCUT2D eigenvalue weighted by atomic mass is 16.4. The van der Waals surface area contributed by atoms with Crippen LogP contribution in [0.3, 0.4) is 0 Å². The number of nitrogens with zero attached hydrogens (tertiary/aromatic N) is 3. The summed E-state index contributed by atoms with van der Waals surface area (Å²) in [6, 6.07) is 23.6. The van der Waals surface area contributed by atoms with Crippen LogP contribution in [0, 0.1) is 5.92 Å². The van der Waals surface area contributed by atoms with Crippen LogP contribution in [0.25, 0.3) is 0 Å². The molecule has 0 aliphatic carbocycles. The van der Waals surface area contributed by atoms with E-state index in [0.29, 0.717) is 55.1 Å². The van der Waals surface area contributed by atoms with Crippen LogP contribution >= 0.6 is 0 Å². The standard InChI is InChI=1S/C35H38N4O5/c40-24-26-8-10-28(11-9-26)32(41)36-22-25-6-12-29(13-7-25)33(42)38-20-16-35(17-21-38,30-4-2-1-3-5-30)39(34(43)44)31-23-37-18-14-27(31)15-19-37/h1-13,24,27,31H,14-23H2,(H,36,41)(H,43,44). The van der Waals surface area contributed by atoms with Crippen molar-refractivity contribution >= 4 is 24.2 Å². The van der Waals surface area contributed by atoms with Gasteiger partial charge in [-0.3, -0.25) is 19.3 Å². The minimum atomic E-state index is -0.881. The highest BCUT2D eigenvalue weighted by molar-refractivity contribution is 5.95. The Balaban J connectivity index is 1.13. The molecule has 2 bridgehead atoms. The second kappa shape index (κ2) is 12.6. The summed E-state index contributed by atoms with van der Waals surface area (Å²) in [5.41, 5.74) is 2.70. The van der Waals surface area contributed by atoms with Crippen LogP contribution in [0.5, 0.6) is 0 Å². The third kappa shape index (κ3) is 5.84. The highest BCUT2D eigenvalue weighted by Crippen LogP contribution is 2.44. The van der Waals surface area contributed by atoms with Crippen LogP contribution in [0.15, 0.2) is 78.9 Å². The topological polar surface area (TPSA) is 110 Å². The average molecular weight is 595 g/mol. The molecule has 4 aliphatic heterocycles. The van der Waals surface area contributed by atoms with Crippen LogP contribution in [0.1, 0.15) is 67.9 Å². The lowest BCUT2D eigenvalue weighted by Gasteiger charge is -2.56. The Bertz CT molecular complexity index is 1490. The van der Waals surface area contributed by atoms with Crippen molar-refractivity contribution in [3.63, 3.8) is 0 Å². The van der Waals surface area contributed by atoms with Gasteiger partial charge in [-0.1, -0.05) is 54.6 Å². The number of likely N-dealkylation sites (tertiary alicyclic amines) is 1. The quantitative estimate of drug-likeness (QED) is 0.368. The van der Waals surface area contributed by atoms with Crippen LogP contribution in [0.4, 0.5) is 4.79 Å². The molecule has 0 radical (unpaired) electrons. The fourth-order valence-corrected chi connectivity index (χ4v) is 7.31. The molecule has 3 amide bonds. The molecule has 1 atom stereocenters. The van der Waals surface area contributed by atoms with Gasteiger partial charge >= 0.3 is 6.09 Å². The summed E-state index contributed by atoms with van der Waals surface area (Å²) in [6.07, 6.45) is 2.98. The number of hydrogen-bond acceptors (Lipinski definition) is 5. The summed E-state index contributed by atoms with van der Waals surface area (Å²) >= 11 is 0. The molecular weight excluding hydrogens is 556 g/mol. The van der Waals surface area contributed by atoms with Gasteiger partial charge in [-0.2, -0.15) is 0 Å². The Hall–Kier alpha value is -4.50. The molecule has 0 saturated carbocycles. The van der Waals surface area contributed by atoms with Gasteiger partial charge in [-0.15, -0.1) is 0 Å². The molecule has 3 aromatic rings. The van der Waals surface area contributed by atoms with E-state index in [-0.39, 0.29) is 17.9 Å². The van der Waals surface area contributed by atoms with Gasteiger partial charge in [0.15, 0.2) is 0 Å². The maximum Gasteiger partial charge on any atom is 0.408 e. The molecule has 7 rings (SSSR count). The van der Waals surface area contributed by atoms with Crippen LogP contribution in [0.2, 0.25) is 0 Å². The molecule has 4 fully saturated rings. The van der Waals surface area contributed by atoms with Gasteiger partial charge in [-0.05, 0) is 80.1 Å². The third-order valence-corrected chi connectivity index (χ3v) is 9.77. The monoisotopic (exact) mass is 594 g/mol. The van der Waals surface area contributed by atoms with Gasteiger partial charge in [0.1, 0.15) is 6.29 Å². The Kier molecular flexibility index (Phi) is 8.48. The largest absolute Gasteiger partial charge is 0.465 e. The second-order valence-corrected chi connectivity index (χ2v) is 12.2. The van der Waals surface area contributed by atoms with E-state index in [0.717, 1.165) is 49.9 Å². The number of carbonyl (C=O) groups excluding carboxylic acids is 3. The lowest BCUT2D eigenvalue weighted by atomic mass is 9.75. The molecular formula is C35H38N4O5. The van der Waals surface area contributed by atoms with E-state index >= 15 is 0 Å². The van der Waals surface area contributed by atoms with Crippen molar-refractivity contribution in [2.75, 3.05) is 32.7 Å². The van der Waals surface area contributed by atoms with Gasteiger partial charge in [0.05, 0.1) is 11.6 Å². The molecule has 4 saturated heterocycles. The van der Waals surface area contributed by atoms with Gasteiger partial charge < -0.3 is 20.2 Å². The first-order chi connectivity index (χ1) is 21.4. The van der Waals surface area contributed by atoms with Crippen molar-refractivity contribution in [3.8, 4) is 0 Å². The normalized spacial score (nSPS) is 22.2. The number of benzene rings is 3. The van der Waals surface area contributed by atoms with E-state index in [1.54, 1.807) is 41.3 Å². The molecule has 0 spiro atoms. The summed E-state index contributed by atoms with van der Waals surface area (Å²) in [4.78, 5) is 55.9. The summed E-state index contributed by atoms with van der Waals surface area (Å²) in [7, 11) is 0. The number of piperidine rings is 4. The Morgan fingerprint density at radius 1 is 0.864 bits per heavy atom. The Morgan fingerprint density at radius 3 is 2.07 bits per heavy atom. The molecule has 44 heavy (non-hydrogen) atoms. The Labute approximate surface area is 257 Å². The van der Waals surface area contributed by atoms with E-state index in [1.807, 2.05) is 47.4 Å². The zero-order valence-electron chi connectivity index (χ0n) is 24.7. The first kappa shape index (κ1) is 29.6. The van der Waals surface area contributed by atoms with Crippen molar-refractivity contribution in [1.29, 1.82) is 0 Å². The average Bonchev–Trinajstić information content (AvgIpc) is 3.08. The number of aldehydes is 1. The highest BCUT2D eigenvalue weighted by Gasteiger charge is 2.51. The zero-order chi connectivity index (χ0) is 30.7. The van der Waals surface area contributed by atoms with Crippen LogP contribution in [-0.2, 0) is 12.1 Å². The number of rotatable bonds is 8.